The summed E-state index contributed by atoms with van der Waals surface area (Å²) >= 11 is 0. The summed E-state index contributed by atoms with van der Waals surface area (Å²) < 4.78 is 0. The van der Waals surface area contributed by atoms with Gasteiger partial charge in [0.25, 0.3) is 0 Å². The highest BCUT2D eigenvalue weighted by molar-refractivity contribution is 5.81. The zero-order chi connectivity index (χ0) is 9.72. The predicted octanol–water partition coefficient (Wildman–Crippen LogP) is 0.667. The van der Waals surface area contributed by atoms with Crippen LogP contribution < -0.4 is 0 Å². The second kappa shape index (κ2) is 5.27. The quantitative estimate of drug-likeness (QED) is 0.633. The van der Waals surface area contributed by atoms with E-state index in [0.717, 1.165) is 0 Å². The van der Waals surface area contributed by atoms with E-state index in [9.17, 15) is 4.79 Å². The zero-order valence-corrected chi connectivity index (χ0v) is 8.37. The van der Waals surface area contributed by atoms with Crippen molar-refractivity contribution in [2.24, 2.45) is 0 Å². The van der Waals surface area contributed by atoms with E-state index < -0.39 is 0 Å². The lowest BCUT2D eigenvalue weighted by molar-refractivity contribution is -0.120. The molecule has 2 unspecified atom stereocenters. The van der Waals surface area contributed by atoms with Gasteiger partial charge in [0, 0.05) is 6.54 Å². The van der Waals surface area contributed by atoms with E-state index in [4.69, 9.17) is 5.11 Å². The summed E-state index contributed by atoms with van der Waals surface area (Å²) in [5, 5.41) is 9.12. The molecule has 12 heavy (non-hydrogen) atoms. The summed E-state index contributed by atoms with van der Waals surface area (Å²) in [6.45, 7) is 6.20. The van der Waals surface area contributed by atoms with Gasteiger partial charge >= 0.3 is 0 Å². The molecule has 0 saturated carbocycles. The minimum Gasteiger partial charge on any atom is -0.392 e. The first kappa shape index (κ1) is 11.6. The Bertz CT molecular complexity index is 147. The molecule has 1 fully saturated rings. The standard InChI is InChI=1S/C7H13NO2.C2H6/c1-5(9)7-3-6(10)4-8(7)2;1-2/h6-7,10H,3-4H2,1-2H3;1-2H3. The third-order valence-electron chi connectivity index (χ3n) is 2.00. The minimum atomic E-state index is -0.307. The average molecular weight is 173 g/mol. The molecule has 1 saturated heterocycles. The van der Waals surface area contributed by atoms with Crippen LogP contribution in [0.5, 0.6) is 0 Å². The second-order valence-corrected chi connectivity index (χ2v) is 2.96. The molecule has 0 aliphatic carbocycles. The first-order valence-electron chi connectivity index (χ1n) is 4.50. The maximum absolute atomic E-state index is 10.8. The molecule has 0 aromatic rings. The van der Waals surface area contributed by atoms with Crippen LogP contribution in [0.2, 0.25) is 0 Å². The predicted molar refractivity (Wildman–Crippen MR) is 49.1 cm³/mol. The number of nitrogens with zero attached hydrogens (tertiary/aromatic N) is 1. The Morgan fingerprint density at radius 1 is 1.50 bits per heavy atom. The highest BCUT2D eigenvalue weighted by Gasteiger charge is 2.30. The summed E-state index contributed by atoms with van der Waals surface area (Å²) in [6, 6.07) is -0.0463. The molecule has 1 rings (SSSR count). The van der Waals surface area contributed by atoms with Gasteiger partial charge in [0.2, 0.25) is 0 Å². The molecule has 72 valence electrons. The van der Waals surface area contributed by atoms with Crippen LogP contribution in [0.15, 0.2) is 0 Å². The van der Waals surface area contributed by atoms with Gasteiger partial charge in [-0.3, -0.25) is 9.69 Å². The van der Waals surface area contributed by atoms with E-state index in [2.05, 4.69) is 0 Å². The first-order valence-corrected chi connectivity index (χ1v) is 4.50. The smallest absolute Gasteiger partial charge is 0.146 e. The van der Waals surface area contributed by atoms with E-state index >= 15 is 0 Å². The van der Waals surface area contributed by atoms with Crippen molar-refractivity contribution in [1.82, 2.24) is 4.90 Å². The number of carbonyl (C=O) groups excluding carboxylic acids is 1. The van der Waals surface area contributed by atoms with Gasteiger partial charge in [-0.05, 0) is 20.4 Å². The lowest BCUT2D eigenvalue weighted by Gasteiger charge is -2.14. The van der Waals surface area contributed by atoms with Crippen LogP contribution in [0.4, 0.5) is 0 Å². The van der Waals surface area contributed by atoms with Gasteiger partial charge in [-0.2, -0.15) is 0 Å². The van der Waals surface area contributed by atoms with Crippen molar-refractivity contribution >= 4 is 5.78 Å². The molecular formula is C9H19NO2. The SMILES string of the molecule is CC.CC(=O)C1CC(O)CN1C. The van der Waals surface area contributed by atoms with Crippen molar-refractivity contribution in [3.05, 3.63) is 0 Å². The lowest BCUT2D eigenvalue weighted by atomic mass is 10.1. The Kier molecular flexibility index (Phi) is 5.09. The maximum Gasteiger partial charge on any atom is 0.146 e. The van der Waals surface area contributed by atoms with Crippen molar-refractivity contribution in [3.63, 3.8) is 0 Å². The highest BCUT2D eigenvalue weighted by atomic mass is 16.3. The molecule has 1 aliphatic rings. The first-order chi connectivity index (χ1) is 5.61. The van der Waals surface area contributed by atoms with E-state index in [0.29, 0.717) is 13.0 Å². The maximum atomic E-state index is 10.8. The van der Waals surface area contributed by atoms with Crippen molar-refractivity contribution in [2.45, 2.75) is 39.3 Å². The minimum absolute atomic E-state index is 0.0463. The van der Waals surface area contributed by atoms with Gasteiger partial charge in [-0.15, -0.1) is 0 Å². The molecule has 0 bridgehead atoms. The van der Waals surface area contributed by atoms with Gasteiger partial charge in [0.05, 0.1) is 12.1 Å². The van der Waals surface area contributed by atoms with Crippen LogP contribution in [0.25, 0.3) is 0 Å². The number of carbonyl (C=O) groups is 1. The molecule has 0 aromatic carbocycles. The molecule has 1 heterocycles. The Hall–Kier alpha value is -0.410. The molecule has 1 aliphatic heterocycles. The Morgan fingerprint density at radius 2 is 2.00 bits per heavy atom. The number of β-amino-alcohol motifs (C(OH)–C–C–N with tert-alkyl or cyclic N) is 1. The second-order valence-electron chi connectivity index (χ2n) is 2.96. The topological polar surface area (TPSA) is 40.5 Å². The highest BCUT2D eigenvalue weighted by Crippen LogP contribution is 2.15. The molecular weight excluding hydrogens is 154 g/mol. The molecule has 0 aromatic heterocycles. The number of rotatable bonds is 1. The number of likely N-dealkylation sites (tertiary alicyclic amines) is 1. The summed E-state index contributed by atoms with van der Waals surface area (Å²) in [5.41, 5.74) is 0. The third kappa shape index (κ3) is 2.91. The number of hydrogen-bond acceptors (Lipinski definition) is 3. The molecule has 3 nitrogen and oxygen atoms in total. The van der Waals surface area contributed by atoms with Gasteiger partial charge in [0.15, 0.2) is 0 Å². The van der Waals surface area contributed by atoms with Crippen LogP contribution in [-0.2, 0) is 4.79 Å². The monoisotopic (exact) mass is 173 g/mol. The van der Waals surface area contributed by atoms with Crippen molar-refractivity contribution in [1.29, 1.82) is 0 Å². The van der Waals surface area contributed by atoms with E-state index in [1.165, 1.54) is 0 Å². The molecule has 1 N–H and O–H groups in total. The molecule has 3 heteroatoms. The van der Waals surface area contributed by atoms with E-state index in [1.807, 2.05) is 25.8 Å². The fourth-order valence-corrected chi connectivity index (χ4v) is 1.45. The molecule has 0 spiro atoms. The summed E-state index contributed by atoms with van der Waals surface area (Å²) in [5.74, 6) is 0.152. The fraction of sp³-hybridized carbons (Fsp3) is 0.889. The van der Waals surface area contributed by atoms with Gasteiger partial charge < -0.3 is 5.11 Å². The van der Waals surface area contributed by atoms with Gasteiger partial charge in [-0.1, -0.05) is 13.8 Å². The summed E-state index contributed by atoms with van der Waals surface area (Å²) in [6.07, 6.45) is 0.296. The number of aliphatic hydroxyl groups excluding tert-OH is 1. The van der Waals surface area contributed by atoms with Crippen LogP contribution in [-0.4, -0.2) is 41.5 Å². The van der Waals surface area contributed by atoms with Gasteiger partial charge in [0.1, 0.15) is 5.78 Å². The average Bonchev–Trinajstić information content (AvgIpc) is 2.34. The molecule has 2 atom stereocenters. The van der Waals surface area contributed by atoms with E-state index in [1.54, 1.807) is 6.92 Å². The van der Waals surface area contributed by atoms with Crippen LogP contribution in [0.1, 0.15) is 27.2 Å². The van der Waals surface area contributed by atoms with Crippen molar-refractivity contribution < 1.29 is 9.90 Å². The van der Waals surface area contributed by atoms with Crippen molar-refractivity contribution in [3.8, 4) is 0 Å². The zero-order valence-electron chi connectivity index (χ0n) is 8.37. The Labute approximate surface area is 74.4 Å². The number of hydrogen-bond donors (Lipinski definition) is 1. The Balaban J connectivity index is 0.000000561. The summed E-state index contributed by atoms with van der Waals surface area (Å²) in [7, 11) is 1.86. The Morgan fingerprint density at radius 3 is 2.17 bits per heavy atom. The summed E-state index contributed by atoms with van der Waals surface area (Å²) in [4.78, 5) is 12.7. The third-order valence-corrected chi connectivity index (χ3v) is 2.00. The van der Waals surface area contributed by atoms with Crippen LogP contribution in [0, 0.1) is 0 Å². The van der Waals surface area contributed by atoms with Gasteiger partial charge in [-0.25, -0.2) is 0 Å². The number of aliphatic hydroxyl groups is 1. The van der Waals surface area contributed by atoms with Crippen LogP contribution in [0.3, 0.4) is 0 Å². The largest absolute Gasteiger partial charge is 0.392 e. The van der Waals surface area contributed by atoms with Crippen LogP contribution >= 0.6 is 0 Å². The fourth-order valence-electron chi connectivity index (χ4n) is 1.45. The number of ketones is 1. The van der Waals surface area contributed by atoms with Crippen molar-refractivity contribution in [2.75, 3.05) is 13.6 Å². The lowest BCUT2D eigenvalue weighted by Crippen LogP contribution is -2.30. The molecule has 0 amide bonds. The number of Topliss-reactive ketones (excluding diaryl/α,β-unsaturated/α-hetero) is 1. The normalized spacial score (nSPS) is 29.4. The molecule has 0 radical (unpaired) electrons. The number of likely N-dealkylation sites (N-methyl/N-ethyl adjacent to an activating group) is 1. The van der Waals surface area contributed by atoms with E-state index in [-0.39, 0.29) is 17.9 Å².